The third-order valence-electron chi connectivity index (χ3n) is 7.55. The Bertz CT molecular complexity index is 1530. The van der Waals surface area contributed by atoms with Crippen LogP contribution in [-0.4, -0.2) is 26.9 Å². The summed E-state index contributed by atoms with van der Waals surface area (Å²) in [5.74, 6) is 0.108. The monoisotopic (exact) mass is 575 g/mol. The van der Waals surface area contributed by atoms with Gasteiger partial charge in [-0.2, -0.15) is 11.8 Å². The Kier molecular flexibility index (Phi) is 8.41. The van der Waals surface area contributed by atoms with Gasteiger partial charge in [-0.1, -0.05) is 66.2 Å². The van der Waals surface area contributed by atoms with Crippen LogP contribution in [0.5, 0.6) is 0 Å². The van der Waals surface area contributed by atoms with E-state index in [0.29, 0.717) is 16.1 Å². The van der Waals surface area contributed by atoms with Crippen molar-refractivity contribution >= 4 is 52.6 Å². The number of halogens is 1. The van der Waals surface area contributed by atoms with E-state index >= 15 is 0 Å². The number of furan rings is 1. The summed E-state index contributed by atoms with van der Waals surface area (Å²) in [6.45, 7) is 3.65. The summed E-state index contributed by atoms with van der Waals surface area (Å²) in [4.78, 5) is 16.1. The molecule has 1 saturated carbocycles. The van der Waals surface area contributed by atoms with Crippen molar-refractivity contribution < 1.29 is 19.4 Å². The van der Waals surface area contributed by atoms with Crippen molar-refractivity contribution in [2.45, 2.75) is 56.8 Å². The highest BCUT2D eigenvalue weighted by molar-refractivity contribution is 7.99. The number of aliphatic hydroxyl groups is 1. The molecule has 5 rings (SSSR count). The maximum atomic E-state index is 11.5. The van der Waals surface area contributed by atoms with E-state index in [2.05, 4.69) is 35.3 Å². The van der Waals surface area contributed by atoms with Crippen LogP contribution >= 0.6 is 23.4 Å². The minimum Gasteiger partial charge on any atom is -0.481 e. The predicted molar refractivity (Wildman–Crippen MR) is 164 cm³/mol. The number of rotatable bonds is 12. The zero-order valence-corrected chi connectivity index (χ0v) is 24.3. The van der Waals surface area contributed by atoms with Gasteiger partial charge >= 0.3 is 5.97 Å². The molecule has 0 spiro atoms. The van der Waals surface area contributed by atoms with Crippen LogP contribution in [0.1, 0.15) is 72.7 Å². The van der Waals surface area contributed by atoms with Crippen molar-refractivity contribution in [3.8, 4) is 0 Å². The number of hydrogen-bond acceptors (Lipinski definition) is 5. The highest BCUT2D eigenvalue weighted by Crippen LogP contribution is 2.53. The van der Waals surface area contributed by atoms with E-state index in [1.807, 2.05) is 68.1 Å². The molecule has 7 heteroatoms. The van der Waals surface area contributed by atoms with Crippen LogP contribution in [-0.2, 0) is 16.8 Å². The van der Waals surface area contributed by atoms with Crippen LogP contribution in [0.25, 0.3) is 23.3 Å². The lowest BCUT2D eigenvalue weighted by Crippen LogP contribution is -2.18. The molecule has 1 atom stereocenters. The molecule has 4 aromatic rings. The van der Waals surface area contributed by atoms with Gasteiger partial charge in [0.05, 0.1) is 17.7 Å². The molecular formula is C33H34ClNO4S. The van der Waals surface area contributed by atoms with Gasteiger partial charge in [0.15, 0.2) is 5.58 Å². The van der Waals surface area contributed by atoms with Gasteiger partial charge in [-0.15, -0.1) is 0 Å². The highest BCUT2D eigenvalue weighted by atomic mass is 35.5. The van der Waals surface area contributed by atoms with E-state index in [1.54, 1.807) is 0 Å². The smallest absolute Gasteiger partial charge is 0.303 e. The molecule has 1 unspecified atom stereocenters. The summed E-state index contributed by atoms with van der Waals surface area (Å²) in [5.41, 5.74) is 5.45. The van der Waals surface area contributed by atoms with Gasteiger partial charge < -0.3 is 14.6 Å². The number of carbonyl (C=O) groups is 1. The van der Waals surface area contributed by atoms with E-state index in [4.69, 9.17) is 16.0 Å². The summed E-state index contributed by atoms with van der Waals surface area (Å²) in [5, 5.41) is 20.8. The third kappa shape index (κ3) is 6.98. The first-order chi connectivity index (χ1) is 19.1. The summed E-state index contributed by atoms with van der Waals surface area (Å²) < 4.78 is 5.39. The first kappa shape index (κ1) is 28.5. The Labute approximate surface area is 244 Å². The summed E-state index contributed by atoms with van der Waals surface area (Å²) in [7, 11) is 0. The van der Waals surface area contributed by atoms with E-state index < -0.39 is 11.6 Å². The molecule has 0 radical (unpaired) electrons. The predicted octanol–water partition coefficient (Wildman–Crippen LogP) is 8.54. The molecule has 2 aromatic carbocycles. The normalized spacial score (nSPS) is 15.5. The number of thioether (sulfide) groups is 1. The number of nitrogens with zero attached hydrogens (tertiary/aromatic N) is 1. The first-order valence-electron chi connectivity index (χ1n) is 13.6. The van der Waals surface area contributed by atoms with Crippen LogP contribution in [0.4, 0.5) is 0 Å². The highest BCUT2D eigenvalue weighted by Gasteiger charge is 2.44. The van der Waals surface area contributed by atoms with Crippen LogP contribution in [0.3, 0.4) is 0 Å². The van der Waals surface area contributed by atoms with Crippen molar-refractivity contribution in [2.24, 2.45) is 5.41 Å². The molecule has 1 aliphatic rings. The Morgan fingerprint density at radius 1 is 1.15 bits per heavy atom. The second kappa shape index (κ2) is 11.8. The molecule has 2 N–H and O–H groups in total. The van der Waals surface area contributed by atoms with Gasteiger partial charge in [0.25, 0.3) is 0 Å². The maximum absolute atomic E-state index is 11.5. The molecule has 208 valence electrons. The number of benzene rings is 2. The molecule has 2 aromatic heterocycles. The number of carboxylic acids is 1. The van der Waals surface area contributed by atoms with Crippen molar-refractivity contribution in [1.82, 2.24) is 4.98 Å². The largest absolute Gasteiger partial charge is 0.481 e. The third-order valence-corrected chi connectivity index (χ3v) is 9.51. The lowest BCUT2D eigenvalue weighted by Gasteiger charge is -2.24. The van der Waals surface area contributed by atoms with Crippen molar-refractivity contribution in [1.29, 1.82) is 0 Å². The van der Waals surface area contributed by atoms with Gasteiger partial charge in [0.2, 0.25) is 0 Å². The van der Waals surface area contributed by atoms with E-state index in [-0.39, 0.29) is 17.1 Å². The van der Waals surface area contributed by atoms with Gasteiger partial charge in [-0.25, -0.2) is 4.98 Å². The Hall–Kier alpha value is -3.06. The molecule has 40 heavy (non-hydrogen) atoms. The van der Waals surface area contributed by atoms with Crippen LogP contribution in [0.15, 0.2) is 71.3 Å². The fourth-order valence-corrected chi connectivity index (χ4v) is 6.90. The minimum atomic E-state index is -0.915. The number of pyridine rings is 1. The van der Waals surface area contributed by atoms with Crippen molar-refractivity contribution in [3.63, 3.8) is 0 Å². The molecule has 1 aliphatic carbocycles. The van der Waals surface area contributed by atoms with Gasteiger partial charge in [0.1, 0.15) is 16.8 Å². The summed E-state index contributed by atoms with van der Waals surface area (Å²) >= 11 is 8.05. The number of aliphatic carboxylic acids is 1. The van der Waals surface area contributed by atoms with Crippen molar-refractivity contribution in [2.75, 3.05) is 5.75 Å². The molecule has 0 bridgehead atoms. The second-order valence-corrected chi connectivity index (χ2v) is 12.9. The number of carboxylic acid groups (broad SMARTS) is 1. The minimum absolute atomic E-state index is 0.0874. The average molecular weight is 576 g/mol. The van der Waals surface area contributed by atoms with Gasteiger partial charge in [0, 0.05) is 11.0 Å². The molecule has 1 fully saturated rings. The second-order valence-electron chi connectivity index (χ2n) is 11.3. The molecular weight excluding hydrogens is 542 g/mol. The van der Waals surface area contributed by atoms with Crippen LogP contribution < -0.4 is 0 Å². The molecule has 0 amide bonds. The number of fused-ring (bicyclic) bond motifs is 1. The maximum Gasteiger partial charge on any atom is 0.303 e. The first-order valence-corrected chi connectivity index (χ1v) is 15.0. The molecule has 2 heterocycles. The Morgan fingerprint density at radius 3 is 2.70 bits per heavy atom. The summed E-state index contributed by atoms with van der Waals surface area (Å²) in [6.07, 6.45) is 9.39. The lowest BCUT2D eigenvalue weighted by atomic mass is 9.90. The Balaban J connectivity index is 1.37. The quantitative estimate of drug-likeness (QED) is 0.176. The molecule has 0 aliphatic heterocycles. The van der Waals surface area contributed by atoms with Crippen molar-refractivity contribution in [3.05, 3.63) is 99.9 Å². The van der Waals surface area contributed by atoms with E-state index in [0.717, 1.165) is 53.8 Å². The van der Waals surface area contributed by atoms with Crippen LogP contribution in [0, 0.1) is 5.41 Å². The average Bonchev–Trinajstić information content (AvgIpc) is 3.58. The topological polar surface area (TPSA) is 83.6 Å². The molecule has 5 nitrogen and oxygen atoms in total. The van der Waals surface area contributed by atoms with E-state index in [9.17, 15) is 15.0 Å². The van der Waals surface area contributed by atoms with Gasteiger partial charge in [-0.3, -0.25) is 4.79 Å². The standard InChI is InChI=1S/C33H34ClNO4S/c1-32(2,38)26-9-4-3-7-23(26)11-15-29(40-21-33(16-17-33)19-30(36)37)24-8-5-6-22(18-24)10-12-25-13-14-28-31(35-25)27(34)20-39-28/h3-10,12-14,18,20,29,38H,11,15-17,19,21H2,1-2H3,(H,36,37)/b12-10+. The molecule has 0 saturated heterocycles. The van der Waals surface area contributed by atoms with Crippen LogP contribution in [0.2, 0.25) is 5.02 Å². The fourth-order valence-electron chi connectivity index (χ4n) is 5.15. The number of aryl methyl sites for hydroxylation is 1. The fraction of sp³-hybridized carbons (Fsp3) is 0.333. The van der Waals surface area contributed by atoms with E-state index in [1.165, 1.54) is 11.8 Å². The zero-order valence-electron chi connectivity index (χ0n) is 22.8. The zero-order chi connectivity index (χ0) is 28.3. The SMILES string of the molecule is CC(C)(O)c1ccccc1CCC(SCC1(CC(=O)O)CC1)c1cccc(/C=C/c2ccc3occ(Cl)c3n2)c1. The Morgan fingerprint density at radius 2 is 1.95 bits per heavy atom. The number of hydrogen-bond donors (Lipinski definition) is 2. The van der Waals surface area contributed by atoms with Gasteiger partial charge in [-0.05, 0) is 85.4 Å². The number of aromatic nitrogens is 1. The summed E-state index contributed by atoms with van der Waals surface area (Å²) in [6, 6.07) is 20.4. The lowest BCUT2D eigenvalue weighted by molar-refractivity contribution is -0.138.